The molecule has 0 aliphatic rings. The number of benzene rings is 4. The van der Waals surface area contributed by atoms with Gasteiger partial charge >= 0.3 is 0 Å². The van der Waals surface area contributed by atoms with Crippen LogP contribution >= 0.6 is 23.5 Å². The van der Waals surface area contributed by atoms with Gasteiger partial charge in [-0.2, -0.15) is 0 Å². The Morgan fingerprint density at radius 2 is 0.920 bits per heavy atom. The van der Waals surface area contributed by atoms with E-state index in [0.29, 0.717) is 0 Å². The number of hydrogen-bond donors (Lipinski definition) is 0. The molecule has 4 aromatic rings. The first-order valence-electron chi connectivity index (χ1n) is 8.63. The number of rotatable bonds is 6. The van der Waals surface area contributed by atoms with Crippen LogP contribution in [0.2, 0.25) is 0 Å². The van der Waals surface area contributed by atoms with E-state index in [-0.39, 0.29) is 0 Å². The molecule has 0 heterocycles. The molecule has 0 fully saturated rings. The zero-order valence-corrected chi connectivity index (χ0v) is 15.7. The molecule has 0 bridgehead atoms. The number of hydrogen-bond acceptors (Lipinski definition) is 2. The summed E-state index contributed by atoms with van der Waals surface area (Å²) in [5, 5.41) is 5.41. The fourth-order valence-corrected chi connectivity index (χ4v) is 5.30. The van der Waals surface area contributed by atoms with Crippen molar-refractivity contribution in [3.63, 3.8) is 0 Å². The Morgan fingerprint density at radius 3 is 1.44 bits per heavy atom. The van der Waals surface area contributed by atoms with Crippen LogP contribution in [0.5, 0.6) is 0 Å². The van der Waals surface area contributed by atoms with Crippen molar-refractivity contribution in [3.8, 4) is 0 Å². The lowest BCUT2D eigenvalue weighted by Crippen LogP contribution is -1.86. The van der Waals surface area contributed by atoms with Crippen molar-refractivity contribution in [1.82, 2.24) is 0 Å². The Kier molecular flexibility index (Phi) is 5.29. The van der Waals surface area contributed by atoms with Gasteiger partial charge in [-0.15, -0.1) is 23.5 Å². The van der Waals surface area contributed by atoms with Gasteiger partial charge in [-0.3, -0.25) is 0 Å². The third-order valence-electron chi connectivity index (χ3n) is 4.30. The minimum absolute atomic E-state index is 1.16. The van der Waals surface area contributed by atoms with E-state index in [4.69, 9.17) is 0 Å². The summed E-state index contributed by atoms with van der Waals surface area (Å²) < 4.78 is 0. The Balaban J connectivity index is 1.35. The summed E-state index contributed by atoms with van der Waals surface area (Å²) in [6, 6.07) is 30.5. The van der Waals surface area contributed by atoms with Gasteiger partial charge in [0.05, 0.1) is 0 Å². The summed E-state index contributed by atoms with van der Waals surface area (Å²) in [6.07, 6.45) is 1.21. The van der Waals surface area contributed by atoms with Gasteiger partial charge in [0.2, 0.25) is 0 Å². The zero-order chi connectivity index (χ0) is 16.9. The summed E-state index contributed by atoms with van der Waals surface area (Å²) >= 11 is 3.95. The van der Waals surface area contributed by atoms with Crippen LogP contribution < -0.4 is 0 Å². The Morgan fingerprint density at radius 1 is 0.480 bits per heavy atom. The third kappa shape index (κ3) is 3.86. The molecule has 124 valence electrons. The van der Waals surface area contributed by atoms with Crippen LogP contribution in [0.15, 0.2) is 94.7 Å². The Labute approximate surface area is 157 Å². The van der Waals surface area contributed by atoms with Gasteiger partial charge in [0.25, 0.3) is 0 Å². The quantitative estimate of drug-likeness (QED) is 0.262. The van der Waals surface area contributed by atoms with Gasteiger partial charge in [-0.1, -0.05) is 72.8 Å². The van der Waals surface area contributed by atoms with Crippen LogP contribution in [-0.2, 0) is 0 Å². The molecule has 4 aromatic carbocycles. The predicted molar refractivity (Wildman–Crippen MR) is 114 cm³/mol. The van der Waals surface area contributed by atoms with Crippen LogP contribution in [0, 0.1) is 0 Å². The molecule has 0 saturated carbocycles. The average Bonchev–Trinajstić information content (AvgIpc) is 2.68. The normalized spacial score (nSPS) is 11.2. The Bertz CT molecular complexity index is 899. The molecule has 0 aliphatic heterocycles. The summed E-state index contributed by atoms with van der Waals surface area (Å²) in [4.78, 5) is 2.79. The third-order valence-corrected chi connectivity index (χ3v) is 6.62. The first kappa shape index (κ1) is 16.6. The Hall–Kier alpha value is -1.90. The van der Waals surface area contributed by atoms with Crippen molar-refractivity contribution in [3.05, 3.63) is 84.9 Å². The van der Waals surface area contributed by atoms with Crippen molar-refractivity contribution in [2.75, 3.05) is 11.5 Å². The molecule has 0 saturated heterocycles. The average molecular weight is 361 g/mol. The molecule has 0 N–H and O–H groups in total. The van der Waals surface area contributed by atoms with E-state index in [1.54, 1.807) is 0 Å². The molecule has 0 radical (unpaired) electrons. The van der Waals surface area contributed by atoms with Crippen LogP contribution in [-0.4, -0.2) is 11.5 Å². The standard InChI is InChI=1S/C23H20S2/c1-3-12-20-18(8-1)10-5-14-22(20)24-16-7-17-25-23-15-6-11-19-9-2-4-13-21(19)23/h1-6,8-15H,7,16-17H2. The maximum Gasteiger partial charge on any atom is 0.0150 e. The maximum absolute atomic E-state index is 2.24. The summed E-state index contributed by atoms with van der Waals surface area (Å²) in [7, 11) is 0. The summed E-state index contributed by atoms with van der Waals surface area (Å²) in [5.41, 5.74) is 0. The van der Waals surface area contributed by atoms with Crippen molar-refractivity contribution >= 4 is 45.1 Å². The van der Waals surface area contributed by atoms with Crippen molar-refractivity contribution in [2.45, 2.75) is 16.2 Å². The fourth-order valence-electron chi connectivity index (χ4n) is 3.07. The van der Waals surface area contributed by atoms with E-state index in [1.807, 2.05) is 23.5 Å². The summed E-state index contributed by atoms with van der Waals surface area (Å²) in [6.45, 7) is 0. The van der Waals surface area contributed by atoms with Gasteiger partial charge in [0, 0.05) is 9.79 Å². The van der Waals surface area contributed by atoms with Gasteiger partial charge in [0.1, 0.15) is 0 Å². The molecule has 0 atom stereocenters. The van der Waals surface area contributed by atoms with E-state index >= 15 is 0 Å². The lowest BCUT2D eigenvalue weighted by atomic mass is 10.1. The van der Waals surface area contributed by atoms with Crippen molar-refractivity contribution in [1.29, 1.82) is 0 Å². The van der Waals surface area contributed by atoms with Crippen molar-refractivity contribution in [2.24, 2.45) is 0 Å². The first-order valence-corrected chi connectivity index (χ1v) is 10.6. The first-order chi connectivity index (χ1) is 12.4. The topological polar surface area (TPSA) is 0 Å². The molecular weight excluding hydrogens is 340 g/mol. The lowest BCUT2D eigenvalue weighted by Gasteiger charge is -2.08. The van der Waals surface area contributed by atoms with E-state index in [0.717, 1.165) is 11.5 Å². The highest BCUT2D eigenvalue weighted by Gasteiger charge is 2.03. The summed E-state index contributed by atoms with van der Waals surface area (Å²) in [5.74, 6) is 2.32. The van der Waals surface area contributed by atoms with Crippen molar-refractivity contribution < 1.29 is 0 Å². The smallest absolute Gasteiger partial charge is 0.0150 e. The molecule has 0 spiro atoms. The van der Waals surface area contributed by atoms with Crippen LogP contribution in [0.1, 0.15) is 6.42 Å². The van der Waals surface area contributed by atoms with Gasteiger partial charge in [0.15, 0.2) is 0 Å². The maximum atomic E-state index is 2.24. The van der Waals surface area contributed by atoms with Gasteiger partial charge < -0.3 is 0 Å². The van der Waals surface area contributed by atoms with E-state index in [1.165, 1.54) is 37.8 Å². The molecule has 0 aliphatic carbocycles. The minimum atomic E-state index is 1.16. The van der Waals surface area contributed by atoms with Crippen LogP contribution in [0.3, 0.4) is 0 Å². The predicted octanol–water partition coefficient (Wildman–Crippen LogP) is 7.27. The van der Waals surface area contributed by atoms with E-state index < -0.39 is 0 Å². The van der Waals surface area contributed by atoms with E-state index in [2.05, 4.69) is 84.9 Å². The number of thioether (sulfide) groups is 2. The molecule has 25 heavy (non-hydrogen) atoms. The molecule has 0 aromatic heterocycles. The molecule has 0 nitrogen and oxygen atoms in total. The van der Waals surface area contributed by atoms with Gasteiger partial charge in [-0.05, 0) is 51.6 Å². The highest BCUT2D eigenvalue weighted by atomic mass is 32.2. The minimum Gasteiger partial charge on any atom is -0.125 e. The zero-order valence-electron chi connectivity index (χ0n) is 14.0. The second-order valence-corrected chi connectivity index (χ2v) is 8.28. The molecule has 2 heteroatoms. The highest BCUT2D eigenvalue weighted by molar-refractivity contribution is 8.00. The lowest BCUT2D eigenvalue weighted by molar-refractivity contribution is 1.12. The molecular formula is C23H20S2. The van der Waals surface area contributed by atoms with Gasteiger partial charge in [-0.25, -0.2) is 0 Å². The molecule has 0 amide bonds. The van der Waals surface area contributed by atoms with Crippen LogP contribution in [0.4, 0.5) is 0 Å². The second kappa shape index (κ2) is 7.99. The van der Waals surface area contributed by atoms with E-state index in [9.17, 15) is 0 Å². The number of fused-ring (bicyclic) bond motifs is 2. The highest BCUT2D eigenvalue weighted by Crippen LogP contribution is 2.31. The largest absolute Gasteiger partial charge is 0.125 e. The second-order valence-electron chi connectivity index (χ2n) is 6.01. The SMILES string of the molecule is c1ccc2c(SCCCSc3cccc4ccccc34)cccc2c1. The fraction of sp³-hybridized carbons (Fsp3) is 0.130. The monoisotopic (exact) mass is 360 g/mol. The molecule has 4 rings (SSSR count). The van der Waals surface area contributed by atoms with Crippen LogP contribution in [0.25, 0.3) is 21.5 Å². The molecule has 0 unspecified atom stereocenters.